The van der Waals surface area contributed by atoms with Crippen molar-refractivity contribution in [3.8, 4) is 0 Å². The highest BCUT2D eigenvalue weighted by molar-refractivity contribution is 7.22. The van der Waals surface area contributed by atoms with E-state index in [9.17, 15) is 14.4 Å². The van der Waals surface area contributed by atoms with Gasteiger partial charge in [-0.25, -0.2) is 9.97 Å². The molecular weight excluding hydrogens is 486 g/mol. The third-order valence-electron chi connectivity index (χ3n) is 5.79. The van der Waals surface area contributed by atoms with Gasteiger partial charge < -0.3 is 4.57 Å². The molecule has 2 aromatic carbocycles. The summed E-state index contributed by atoms with van der Waals surface area (Å²) < 4.78 is 3.01. The Morgan fingerprint density at radius 2 is 1.83 bits per heavy atom. The number of halogens is 1. The van der Waals surface area contributed by atoms with Gasteiger partial charge in [-0.2, -0.15) is 0 Å². The number of aryl methyl sites for hydroxylation is 2. The molecule has 10 heteroatoms. The summed E-state index contributed by atoms with van der Waals surface area (Å²) in [7, 11) is 0. The van der Waals surface area contributed by atoms with Crippen LogP contribution in [0.15, 0.2) is 61.2 Å². The van der Waals surface area contributed by atoms with E-state index in [2.05, 4.69) is 11.1 Å². The Morgan fingerprint density at radius 1 is 1.09 bits per heavy atom. The zero-order valence-corrected chi connectivity index (χ0v) is 20.7. The van der Waals surface area contributed by atoms with Crippen molar-refractivity contribution >= 4 is 62.5 Å². The number of imide groups is 1. The number of fused-ring (bicyclic) bond motifs is 1. The van der Waals surface area contributed by atoms with Crippen LogP contribution in [0.2, 0.25) is 0 Å². The number of carbonyl (C=O) groups excluding carboxylic acids is 3. The number of imidazole rings is 1. The molecule has 0 N–H and O–H groups in total. The lowest BCUT2D eigenvalue weighted by molar-refractivity contribution is -0.121. The highest BCUT2D eigenvalue weighted by Crippen LogP contribution is 2.31. The number of benzene rings is 2. The first-order valence-corrected chi connectivity index (χ1v) is 11.9. The van der Waals surface area contributed by atoms with Crippen molar-refractivity contribution in [1.82, 2.24) is 14.5 Å². The molecule has 35 heavy (non-hydrogen) atoms. The van der Waals surface area contributed by atoms with Gasteiger partial charge in [0.25, 0.3) is 5.91 Å². The van der Waals surface area contributed by atoms with Crippen LogP contribution in [0.1, 0.15) is 35.2 Å². The van der Waals surface area contributed by atoms with Crippen molar-refractivity contribution < 1.29 is 14.4 Å². The molecule has 0 atom stereocenters. The Balaban J connectivity index is 0.00000289. The van der Waals surface area contributed by atoms with Crippen LogP contribution in [-0.2, 0) is 16.1 Å². The largest absolute Gasteiger partial charge is 0.337 e. The minimum atomic E-state index is -0.213. The molecule has 0 spiro atoms. The van der Waals surface area contributed by atoms with Gasteiger partial charge in [-0.15, -0.1) is 12.4 Å². The van der Waals surface area contributed by atoms with Crippen molar-refractivity contribution in [3.05, 3.63) is 72.3 Å². The molecule has 3 heterocycles. The number of amides is 3. The molecule has 1 fully saturated rings. The lowest BCUT2D eigenvalue weighted by Crippen LogP contribution is -2.32. The third-order valence-corrected chi connectivity index (χ3v) is 6.83. The Bertz CT molecular complexity index is 1350. The quantitative estimate of drug-likeness (QED) is 0.339. The van der Waals surface area contributed by atoms with E-state index in [1.54, 1.807) is 41.7 Å². The molecule has 0 radical (unpaired) electrons. The van der Waals surface area contributed by atoms with Gasteiger partial charge in [-0.1, -0.05) is 17.4 Å². The molecule has 0 aliphatic carbocycles. The summed E-state index contributed by atoms with van der Waals surface area (Å²) in [6.45, 7) is 3.25. The molecule has 4 aromatic rings. The standard InChI is InChI=1S/C25H23N5O3S.ClH/c1-17-3-8-20-21(15-17)34-25(27-20)29(13-2-12-28-14-11-26-16-28)24(33)18-4-6-19(7-5-18)30-22(31)9-10-23(30)32;/h3-8,11,14-16H,2,9-10,12-13H2,1H3;1H. The Labute approximate surface area is 212 Å². The van der Waals surface area contributed by atoms with Gasteiger partial charge in [0.05, 0.1) is 22.2 Å². The van der Waals surface area contributed by atoms with E-state index in [1.807, 2.05) is 29.8 Å². The topological polar surface area (TPSA) is 88.4 Å². The van der Waals surface area contributed by atoms with Gasteiger partial charge in [-0.3, -0.25) is 24.2 Å². The fraction of sp³-hybridized carbons (Fsp3) is 0.240. The first kappa shape index (κ1) is 24.6. The molecule has 8 nitrogen and oxygen atoms in total. The van der Waals surface area contributed by atoms with Gasteiger partial charge in [0.15, 0.2) is 5.13 Å². The number of thiazole rings is 1. The van der Waals surface area contributed by atoms with Gasteiger partial charge in [0.1, 0.15) is 0 Å². The zero-order chi connectivity index (χ0) is 23.7. The maximum atomic E-state index is 13.6. The van der Waals surface area contributed by atoms with E-state index in [0.29, 0.717) is 22.9 Å². The average Bonchev–Trinajstić information content (AvgIpc) is 3.57. The first-order valence-electron chi connectivity index (χ1n) is 11.1. The predicted molar refractivity (Wildman–Crippen MR) is 138 cm³/mol. The van der Waals surface area contributed by atoms with E-state index in [1.165, 1.54) is 16.2 Å². The van der Waals surface area contributed by atoms with Crippen molar-refractivity contribution in [3.63, 3.8) is 0 Å². The summed E-state index contributed by atoms with van der Waals surface area (Å²) in [4.78, 5) is 49.3. The van der Waals surface area contributed by atoms with E-state index >= 15 is 0 Å². The summed E-state index contributed by atoms with van der Waals surface area (Å²) in [5.74, 6) is -0.600. The number of nitrogens with zero attached hydrogens (tertiary/aromatic N) is 5. The van der Waals surface area contributed by atoms with Crippen LogP contribution >= 0.6 is 23.7 Å². The minimum Gasteiger partial charge on any atom is -0.337 e. The summed E-state index contributed by atoms with van der Waals surface area (Å²) in [5, 5.41) is 0.644. The van der Waals surface area contributed by atoms with Crippen molar-refractivity contribution in [2.24, 2.45) is 0 Å². The Hall–Kier alpha value is -3.56. The van der Waals surface area contributed by atoms with Gasteiger partial charge in [0, 0.05) is 43.9 Å². The summed E-state index contributed by atoms with van der Waals surface area (Å²) in [6, 6.07) is 12.7. The number of aromatic nitrogens is 3. The van der Waals surface area contributed by atoms with Crippen LogP contribution in [0, 0.1) is 6.92 Å². The molecule has 1 aliphatic rings. The fourth-order valence-electron chi connectivity index (χ4n) is 4.02. The average molecular weight is 510 g/mol. The molecular formula is C25H24ClN5O3S. The molecule has 180 valence electrons. The SMILES string of the molecule is Cc1ccc2nc(N(CCCn3ccnc3)C(=O)c3ccc(N4C(=O)CCC4=O)cc3)sc2c1.Cl. The van der Waals surface area contributed by atoms with E-state index in [4.69, 9.17) is 4.98 Å². The van der Waals surface area contributed by atoms with E-state index < -0.39 is 0 Å². The minimum absolute atomic E-state index is 0. The van der Waals surface area contributed by atoms with Crippen LogP contribution in [0.5, 0.6) is 0 Å². The molecule has 0 bridgehead atoms. The predicted octanol–water partition coefficient (Wildman–Crippen LogP) is 4.61. The second-order valence-corrected chi connectivity index (χ2v) is 9.26. The molecule has 2 aromatic heterocycles. The van der Waals surface area contributed by atoms with Crippen LogP contribution in [0.25, 0.3) is 10.2 Å². The third kappa shape index (κ3) is 5.11. The Kier molecular flexibility index (Phi) is 7.28. The van der Waals surface area contributed by atoms with Crippen LogP contribution < -0.4 is 9.80 Å². The normalized spacial score (nSPS) is 13.3. The van der Waals surface area contributed by atoms with Crippen LogP contribution in [-0.4, -0.2) is 38.8 Å². The second-order valence-electron chi connectivity index (χ2n) is 8.25. The smallest absolute Gasteiger partial charge is 0.260 e. The highest BCUT2D eigenvalue weighted by Gasteiger charge is 2.30. The summed E-state index contributed by atoms with van der Waals surface area (Å²) >= 11 is 1.49. The monoisotopic (exact) mass is 509 g/mol. The second kappa shape index (κ2) is 10.4. The maximum Gasteiger partial charge on any atom is 0.260 e. The van der Waals surface area contributed by atoms with E-state index in [-0.39, 0.29) is 43.0 Å². The Morgan fingerprint density at radius 3 is 2.51 bits per heavy atom. The maximum absolute atomic E-state index is 13.6. The van der Waals surface area contributed by atoms with Gasteiger partial charge >= 0.3 is 0 Å². The van der Waals surface area contributed by atoms with Gasteiger partial charge in [0.2, 0.25) is 11.8 Å². The number of anilines is 2. The molecule has 3 amide bonds. The number of hydrogen-bond acceptors (Lipinski definition) is 6. The molecule has 0 unspecified atom stereocenters. The lowest BCUT2D eigenvalue weighted by atomic mass is 10.1. The summed E-state index contributed by atoms with van der Waals surface area (Å²) in [5.41, 5.74) is 2.97. The molecule has 1 saturated heterocycles. The fourth-order valence-corrected chi connectivity index (χ4v) is 5.11. The summed E-state index contributed by atoms with van der Waals surface area (Å²) in [6.07, 6.45) is 6.56. The van der Waals surface area contributed by atoms with Crippen molar-refractivity contribution in [1.29, 1.82) is 0 Å². The zero-order valence-electron chi connectivity index (χ0n) is 19.1. The molecule has 1 aliphatic heterocycles. The van der Waals surface area contributed by atoms with E-state index in [0.717, 1.165) is 28.7 Å². The molecule has 0 saturated carbocycles. The van der Waals surface area contributed by atoms with Crippen molar-refractivity contribution in [2.75, 3.05) is 16.3 Å². The molecule has 5 rings (SSSR count). The van der Waals surface area contributed by atoms with Crippen LogP contribution in [0.3, 0.4) is 0 Å². The first-order chi connectivity index (χ1) is 16.5. The van der Waals surface area contributed by atoms with Crippen molar-refractivity contribution in [2.45, 2.75) is 32.7 Å². The lowest BCUT2D eigenvalue weighted by Gasteiger charge is -2.21. The highest BCUT2D eigenvalue weighted by atomic mass is 35.5. The number of hydrogen-bond donors (Lipinski definition) is 0. The number of carbonyl (C=O) groups is 3. The van der Waals surface area contributed by atoms with Crippen LogP contribution in [0.4, 0.5) is 10.8 Å². The van der Waals surface area contributed by atoms with Gasteiger partial charge in [-0.05, 0) is 55.3 Å². The number of rotatable bonds is 7.